The van der Waals surface area contributed by atoms with E-state index in [0.717, 1.165) is 11.1 Å². The number of azo groups is 1. The standard InChI is InChI=1S/C16H18N2O/c1-3-19-16(18-17-2,14-10-6-4-7-11-14)15-12-8-5-9-13-15/h4-13H,3H2,1-2H3. The molecule has 3 nitrogen and oxygen atoms in total. The first kappa shape index (κ1) is 13.4. The Morgan fingerprint density at radius 1 is 0.895 bits per heavy atom. The molecule has 0 bridgehead atoms. The van der Waals surface area contributed by atoms with E-state index in [1.807, 2.05) is 67.6 Å². The van der Waals surface area contributed by atoms with Crippen LogP contribution in [0.5, 0.6) is 0 Å². The Hall–Kier alpha value is -2.00. The molecule has 2 aromatic carbocycles. The molecule has 2 aromatic rings. The zero-order chi connectivity index (χ0) is 13.6. The van der Waals surface area contributed by atoms with E-state index >= 15 is 0 Å². The predicted octanol–water partition coefficient (Wildman–Crippen LogP) is 4.01. The van der Waals surface area contributed by atoms with Crippen LogP contribution in [0.2, 0.25) is 0 Å². The second kappa shape index (κ2) is 6.25. The van der Waals surface area contributed by atoms with E-state index in [-0.39, 0.29) is 0 Å². The number of nitrogens with zero attached hydrogens (tertiary/aromatic N) is 2. The van der Waals surface area contributed by atoms with Crippen LogP contribution in [0.25, 0.3) is 0 Å². The van der Waals surface area contributed by atoms with Crippen LogP contribution in [-0.2, 0) is 10.5 Å². The van der Waals surface area contributed by atoms with Crippen LogP contribution in [0.4, 0.5) is 0 Å². The third kappa shape index (κ3) is 2.71. The van der Waals surface area contributed by atoms with Crippen molar-refractivity contribution >= 4 is 0 Å². The molecule has 0 amide bonds. The lowest BCUT2D eigenvalue weighted by Crippen LogP contribution is -2.28. The van der Waals surface area contributed by atoms with Crippen LogP contribution >= 0.6 is 0 Å². The van der Waals surface area contributed by atoms with Crippen LogP contribution in [0, 0.1) is 0 Å². The van der Waals surface area contributed by atoms with Gasteiger partial charge in [-0.3, -0.25) is 0 Å². The molecule has 0 heterocycles. The zero-order valence-electron chi connectivity index (χ0n) is 11.3. The monoisotopic (exact) mass is 254 g/mol. The Kier molecular flexibility index (Phi) is 4.42. The molecule has 0 unspecified atom stereocenters. The Morgan fingerprint density at radius 2 is 1.37 bits per heavy atom. The van der Waals surface area contributed by atoms with Crippen LogP contribution < -0.4 is 0 Å². The molecule has 0 spiro atoms. The minimum Gasteiger partial charge on any atom is -0.345 e. The van der Waals surface area contributed by atoms with Crippen molar-refractivity contribution in [1.29, 1.82) is 0 Å². The highest BCUT2D eigenvalue weighted by Gasteiger charge is 2.35. The first-order chi connectivity index (χ1) is 9.33. The van der Waals surface area contributed by atoms with Gasteiger partial charge in [0.15, 0.2) is 0 Å². The lowest BCUT2D eigenvalue weighted by Gasteiger charge is -2.29. The summed E-state index contributed by atoms with van der Waals surface area (Å²) in [6.45, 7) is 2.52. The van der Waals surface area contributed by atoms with Crippen molar-refractivity contribution in [2.24, 2.45) is 10.2 Å². The van der Waals surface area contributed by atoms with Crippen molar-refractivity contribution < 1.29 is 4.74 Å². The van der Waals surface area contributed by atoms with Gasteiger partial charge in [-0.05, 0) is 6.92 Å². The van der Waals surface area contributed by atoms with E-state index in [9.17, 15) is 0 Å². The van der Waals surface area contributed by atoms with Crippen LogP contribution in [0.3, 0.4) is 0 Å². The highest BCUT2D eigenvalue weighted by atomic mass is 16.5. The minimum atomic E-state index is -0.855. The fourth-order valence-electron chi connectivity index (χ4n) is 2.16. The lowest BCUT2D eigenvalue weighted by atomic mass is 9.95. The molecule has 0 aliphatic heterocycles. The van der Waals surface area contributed by atoms with Gasteiger partial charge in [0, 0.05) is 24.8 Å². The third-order valence-electron chi connectivity index (χ3n) is 2.92. The molecule has 2 rings (SSSR count). The molecule has 0 radical (unpaired) electrons. The van der Waals surface area contributed by atoms with Gasteiger partial charge in [-0.2, -0.15) is 5.11 Å². The summed E-state index contributed by atoms with van der Waals surface area (Å²) in [5.41, 5.74) is 1.11. The largest absolute Gasteiger partial charge is 0.345 e. The number of benzene rings is 2. The van der Waals surface area contributed by atoms with Crippen LogP contribution in [0.1, 0.15) is 18.1 Å². The molecule has 0 atom stereocenters. The quantitative estimate of drug-likeness (QED) is 0.742. The van der Waals surface area contributed by atoms with E-state index in [0.29, 0.717) is 6.61 Å². The normalized spacial score (nSPS) is 11.9. The van der Waals surface area contributed by atoms with E-state index < -0.39 is 5.72 Å². The summed E-state index contributed by atoms with van der Waals surface area (Å²) in [5, 5.41) is 8.37. The van der Waals surface area contributed by atoms with Crippen molar-refractivity contribution in [2.45, 2.75) is 12.6 Å². The fraction of sp³-hybridized carbons (Fsp3) is 0.250. The average Bonchev–Trinajstić information content (AvgIpc) is 2.49. The smallest absolute Gasteiger partial charge is 0.230 e. The SMILES string of the molecule is CCOC(N=NC)(c1ccccc1)c1ccccc1. The molecule has 0 aromatic heterocycles. The zero-order valence-corrected chi connectivity index (χ0v) is 11.3. The Morgan fingerprint density at radius 3 is 1.74 bits per heavy atom. The summed E-state index contributed by atoms with van der Waals surface area (Å²) < 4.78 is 5.98. The van der Waals surface area contributed by atoms with Gasteiger partial charge in [0.25, 0.3) is 0 Å². The van der Waals surface area contributed by atoms with E-state index in [4.69, 9.17) is 4.74 Å². The Bertz CT molecular complexity index is 483. The molecule has 3 heteroatoms. The van der Waals surface area contributed by atoms with Crippen LogP contribution in [-0.4, -0.2) is 13.7 Å². The summed E-state index contributed by atoms with van der Waals surface area (Å²) in [7, 11) is 1.67. The van der Waals surface area contributed by atoms with Gasteiger partial charge in [-0.15, -0.1) is 5.11 Å². The molecule has 0 saturated carbocycles. The maximum Gasteiger partial charge on any atom is 0.230 e. The molecule has 98 valence electrons. The second-order valence-electron chi connectivity index (χ2n) is 4.11. The fourth-order valence-corrected chi connectivity index (χ4v) is 2.16. The molecule has 0 aliphatic carbocycles. The summed E-state index contributed by atoms with van der Waals surface area (Å²) in [6, 6.07) is 19.9. The van der Waals surface area contributed by atoms with Gasteiger partial charge in [0.05, 0.1) is 0 Å². The number of ether oxygens (including phenoxy) is 1. The Labute approximate surface area is 114 Å². The number of hydrogen-bond acceptors (Lipinski definition) is 3. The molecule has 0 fully saturated rings. The van der Waals surface area contributed by atoms with Crippen molar-refractivity contribution in [1.82, 2.24) is 0 Å². The highest BCUT2D eigenvalue weighted by Crippen LogP contribution is 2.35. The summed E-state index contributed by atoms with van der Waals surface area (Å²) in [5.74, 6) is 0. The van der Waals surface area contributed by atoms with E-state index in [2.05, 4.69) is 10.2 Å². The average molecular weight is 254 g/mol. The van der Waals surface area contributed by atoms with E-state index in [1.54, 1.807) is 7.05 Å². The first-order valence-electron chi connectivity index (χ1n) is 6.39. The first-order valence-corrected chi connectivity index (χ1v) is 6.39. The maximum atomic E-state index is 5.98. The third-order valence-corrected chi connectivity index (χ3v) is 2.92. The van der Waals surface area contributed by atoms with Gasteiger partial charge in [-0.1, -0.05) is 60.7 Å². The van der Waals surface area contributed by atoms with Crippen LogP contribution in [0.15, 0.2) is 70.9 Å². The highest BCUT2D eigenvalue weighted by molar-refractivity contribution is 5.35. The molecular weight excluding hydrogens is 236 g/mol. The predicted molar refractivity (Wildman–Crippen MR) is 76.1 cm³/mol. The van der Waals surface area contributed by atoms with E-state index in [1.165, 1.54) is 0 Å². The summed E-state index contributed by atoms with van der Waals surface area (Å²) in [6.07, 6.45) is 0. The maximum absolute atomic E-state index is 5.98. The topological polar surface area (TPSA) is 34.0 Å². The number of rotatable bonds is 5. The van der Waals surface area contributed by atoms with Gasteiger partial charge in [0.2, 0.25) is 5.72 Å². The van der Waals surface area contributed by atoms with Gasteiger partial charge in [-0.25, -0.2) is 0 Å². The summed E-state index contributed by atoms with van der Waals surface area (Å²) >= 11 is 0. The number of hydrogen-bond donors (Lipinski definition) is 0. The van der Waals surface area contributed by atoms with Crippen molar-refractivity contribution in [2.75, 3.05) is 13.7 Å². The van der Waals surface area contributed by atoms with Crippen molar-refractivity contribution in [3.8, 4) is 0 Å². The summed E-state index contributed by atoms with van der Waals surface area (Å²) in [4.78, 5) is 0. The molecule has 19 heavy (non-hydrogen) atoms. The molecule has 0 saturated heterocycles. The Balaban J connectivity index is 2.61. The van der Waals surface area contributed by atoms with Gasteiger partial charge >= 0.3 is 0 Å². The second-order valence-corrected chi connectivity index (χ2v) is 4.11. The molecular formula is C16H18N2O. The molecule has 0 N–H and O–H groups in total. The van der Waals surface area contributed by atoms with Gasteiger partial charge < -0.3 is 4.74 Å². The van der Waals surface area contributed by atoms with Crippen molar-refractivity contribution in [3.63, 3.8) is 0 Å². The lowest BCUT2D eigenvalue weighted by molar-refractivity contribution is -0.00976. The van der Waals surface area contributed by atoms with Gasteiger partial charge in [0.1, 0.15) is 0 Å². The molecule has 0 aliphatic rings. The minimum absolute atomic E-state index is 0.558. The van der Waals surface area contributed by atoms with Crippen molar-refractivity contribution in [3.05, 3.63) is 71.8 Å².